The van der Waals surface area contributed by atoms with E-state index in [1.807, 2.05) is 18.2 Å². The second-order valence-electron chi connectivity index (χ2n) is 5.54. The molecule has 2 N–H and O–H groups in total. The van der Waals surface area contributed by atoms with Gasteiger partial charge in [0.2, 0.25) is 0 Å². The maximum absolute atomic E-state index is 10.7. The molecule has 0 radical (unpaired) electrons. The Hall–Kier alpha value is -2.96. The first-order valence-electron chi connectivity index (χ1n) is 8.34. The Bertz CT molecular complexity index is 686. The van der Waals surface area contributed by atoms with E-state index in [1.54, 1.807) is 18.3 Å². The number of aliphatic imine (C=N–C) groups is 1. The summed E-state index contributed by atoms with van der Waals surface area (Å²) in [5.41, 5.74) is 1.94. The highest BCUT2D eigenvalue weighted by Crippen LogP contribution is 2.12. The second kappa shape index (κ2) is 10.0. The minimum absolute atomic E-state index is 0.0855. The van der Waals surface area contributed by atoms with E-state index in [4.69, 9.17) is 0 Å². The summed E-state index contributed by atoms with van der Waals surface area (Å²) < 4.78 is 0. The fraction of sp³-hybridized carbons (Fsp3) is 0.333. The van der Waals surface area contributed by atoms with Crippen LogP contribution in [0.25, 0.3) is 0 Å². The molecule has 7 nitrogen and oxygen atoms in total. The first kappa shape index (κ1) is 18.4. The number of guanidine groups is 1. The zero-order valence-corrected chi connectivity index (χ0v) is 14.3. The summed E-state index contributed by atoms with van der Waals surface area (Å²) >= 11 is 0. The zero-order valence-electron chi connectivity index (χ0n) is 14.3. The molecule has 0 atom stereocenters. The van der Waals surface area contributed by atoms with Crippen molar-refractivity contribution in [1.82, 2.24) is 15.6 Å². The second-order valence-corrected chi connectivity index (χ2v) is 5.54. The topological polar surface area (TPSA) is 92.5 Å². The molecule has 2 aromatic rings. The van der Waals surface area contributed by atoms with Gasteiger partial charge >= 0.3 is 0 Å². The van der Waals surface area contributed by atoms with Crippen LogP contribution in [0.15, 0.2) is 53.7 Å². The molecular formula is C18H23N5O2. The van der Waals surface area contributed by atoms with Crippen LogP contribution in [0.3, 0.4) is 0 Å². The van der Waals surface area contributed by atoms with Crippen LogP contribution in [0.2, 0.25) is 0 Å². The van der Waals surface area contributed by atoms with Crippen LogP contribution < -0.4 is 10.6 Å². The van der Waals surface area contributed by atoms with Gasteiger partial charge in [0.1, 0.15) is 0 Å². The number of hydrogen-bond donors (Lipinski definition) is 2. The van der Waals surface area contributed by atoms with E-state index in [2.05, 4.69) is 27.5 Å². The number of hydrogen-bond acceptors (Lipinski definition) is 4. The number of nitro groups is 1. The molecular weight excluding hydrogens is 318 g/mol. The summed E-state index contributed by atoms with van der Waals surface area (Å²) in [6.45, 7) is 4.00. The first-order valence-corrected chi connectivity index (χ1v) is 8.34. The Kier molecular flexibility index (Phi) is 7.37. The van der Waals surface area contributed by atoms with Crippen molar-refractivity contribution >= 4 is 11.6 Å². The molecule has 0 spiro atoms. The molecule has 0 saturated heterocycles. The number of pyridine rings is 1. The molecule has 0 aliphatic heterocycles. The van der Waals surface area contributed by atoms with Gasteiger partial charge in [-0.15, -0.1) is 0 Å². The lowest BCUT2D eigenvalue weighted by Gasteiger charge is -2.12. The number of aromatic nitrogens is 1. The zero-order chi connectivity index (χ0) is 17.9. The fourth-order valence-corrected chi connectivity index (χ4v) is 2.13. The van der Waals surface area contributed by atoms with E-state index in [-0.39, 0.29) is 5.69 Å². The first-order chi connectivity index (χ1) is 12.2. The highest BCUT2D eigenvalue weighted by Gasteiger charge is 2.04. The molecule has 1 heterocycles. The van der Waals surface area contributed by atoms with E-state index in [1.165, 1.54) is 12.1 Å². The fourth-order valence-electron chi connectivity index (χ4n) is 2.13. The van der Waals surface area contributed by atoms with Gasteiger partial charge in [-0.05, 0) is 24.1 Å². The molecule has 0 aliphatic rings. The van der Waals surface area contributed by atoms with Crippen LogP contribution in [0.4, 0.5) is 5.69 Å². The normalized spacial score (nSPS) is 11.2. The Morgan fingerprint density at radius 2 is 2.00 bits per heavy atom. The summed E-state index contributed by atoms with van der Waals surface area (Å²) in [6.07, 6.45) is 3.92. The largest absolute Gasteiger partial charge is 0.356 e. The third kappa shape index (κ3) is 6.58. The van der Waals surface area contributed by atoms with E-state index >= 15 is 0 Å². The summed E-state index contributed by atoms with van der Waals surface area (Å²) in [5.74, 6) is 0.706. The SMILES string of the molecule is CCCCNC(=NCc1ccc([N+](=O)[O-])cc1)NCc1ccccn1. The molecule has 0 aliphatic carbocycles. The molecule has 7 heteroatoms. The quantitative estimate of drug-likeness (QED) is 0.253. The van der Waals surface area contributed by atoms with E-state index < -0.39 is 4.92 Å². The van der Waals surface area contributed by atoms with Crippen LogP contribution in [0, 0.1) is 10.1 Å². The molecule has 0 bridgehead atoms. The number of benzene rings is 1. The van der Waals surface area contributed by atoms with Gasteiger partial charge in [0.25, 0.3) is 5.69 Å². The van der Waals surface area contributed by atoms with Crippen molar-refractivity contribution in [3.05, 3.63) is 70.0 Å². The molecule has 25 heavy (non-hydrogen) atoms. The number of unbranched alkanes of at least 4 members (excludes halogenated alkanes) is 1. The van der Waals surface area contributed by atoms with E-state index in [0.29, 0.717) is 19.0 Å². The molecule has 1 aromatic carbocycles. The lowest BCUT2D eigenvalue weighted by atomic mass is 10.2. The van der Waals surface area contributed by atoms with Crippen LogP contribution in [-0.2, 0) is 13.1 Å². The van der Waals surface area contributed by atoms with Crippen LogP contribution in [0.1, 0.15) is 31.0 Å². The third-order valence-corrected chi connectivity index (χ3v) is 3.55. The Morgan fingerprint density at radius 1 is 1.20 bits per heavy atom. The number of non-ortho nitro benzene ring substituents is 1. The van der Waals surface area contributed by atoms with Crippen molar-refractivity contribution in [1.29, 1.82) is 0 Å². The van der Waals surface area contributed by atoms with Crippen molar-refractivity contribution in [2.45, 2.75) is 32.9 Å². The van der Waals surface area contributed by atoms with Crippen molar-refractivity contribution in [3.8, 4) is 0 Å². The summed E-state index contributed by atoms with van der Waals surface area (Å²) in [5, 5.41) is 17.3. The minimum atomic E-state index is -0.404. The lowest BCUT2D eigenvalue weighted by molar-refractivity contribution is -0.384. The van der Waals surface area contributed by atoms with Crippen LogP contribution in [-0.4, -0.2) is 22.4 Å². The van der Waals surface area contributed by atoms with Gasteiger partial charge in [-0.3, -0.25) is 15.1 Å². The number of nitro benzene ring substituents is 1. The number of nitrogens with zero attached hydrogens (tertiary/aromatic N) is 3. The Balaban J connectivity index is 1.97. The minimum Gasteiger partial charge on any atom is -0.356 e. The van der Waals surface area contributed by atoms with Gasteiger partial charge in [-0.2, -0.15) is 0 Å². The Morgan fingerprint density at radius 3 is 2.64 bits per heavy atom. The van der Waals surface area contributed by atoms with Gasteiger partial charge in [0.05, 0.1) is 23.7 Å². The number of rotatable bonds is 8. The van der Waals surface area contributed by atoms with E-state index in [0.717, 1.165) is 30.6 Å². The molecule has 2 rings (SSSR count). The average Bonchev–Trinajstić information content (AvgIpc) is 2.65. The Labute approximate surface area is 147 Å². The summed E-state index contributed by atoms with van der Waals surface area (Å²) in [6, 6.07) is 12.2. The van der Waals surface area contributed by atoms with Crippen LogP contribution in [0.5, 0.6) is 0 Å². The standard InChI is InChI=1S/C18H23N5O2/c1-2-3-11-20-18(22-14-16-6-4-5-12-19-16)21-13-15-7-9-17(10-8-15)23(24)25/h4-10,12H,2-3,11,13-14H2,1H3,(H2,20,21,22). The summed E-state index contributed by atoms with van der Waals surface area (Å²) in [7, 11) is 0. The van der Waals surface area contributed by atoms with Crippen molar-refractivity contribution < 1.29 is 4.92 Å². The van der Waals surface area contributed by atoms with Gasteiger partial charge in [-0.25, -0.2) is 4.99 Å². The van der Waals surface area contributed by atoms with Gasteiger partial charge in [-0.1, -0.05) is 31.5 Å². The van der Waals surface area contributed by atoms with Gasteiger partial charge < -0.3 is 10.6 Å². The monoisotopic (exact) mass is 341 g/mol. The smallest absolute Gasteiger partial charge is 0.269 e. The highest BCUT2D eigenvalue weighted by molar-refractivity contribution is 5.79. The van der Waals surface area contributed by atoms with Crippen molar-refractivity contribution in [2.24, 2.45) is 4.99 Å². The average molecular weight is 341 g/mol. The van der Waals surface area contributed by atoms with Crippen molar-refractivity contribution in [2.75, 3.05) is 6.54 Å². The molecule has 0 saturated carbocycles. The lowest BCUT2D eigenvalue weighted by Crippen LogP contribution is -2.37. The van der Waals surface area contributed by atoms with E-state index in [9.17, 15) is 10.1 Å². The van der Waals surface area contributed by atoms with Crippen LogP contribution >= 0.6 is 0 Å². The highest BCUT2D eigenvalue weighted by atomic mass is 16.6. The molecule has 0 fully saturated rings. The molecule has 1 aromatic heterocycles. The van der Waals surface area contributed by atoms with Gasteiger partial charge in [0.15, 0.2) is 5.96 Å². The maximum Gasteiger partial charge on any atom is 0.269 e. The molecule has 0 amide bonds. The number of nitrogens with one attached hydrogen (secondary N) is 2. The molecule has 0 unspecified atom stereocenters. The molecule has 132 valence electrons. The summed E-state index contributed by atoms with van der Waals surface area (Å²) in [4.78, 5) is 19.1. The van der Waals surface area contributed by atoms with Crippen molar-refractivity contribution in [3.63, 3.8) is 0 Å². The third-order valence-electron chi connectivity index (χ3n) is 3.55. The maximum atomic E-state index is 10.7. The predicted molar refractivity (Wildman–Crippen MR) is 98.2 cm³/mol. The predicted octanol–water partition coefficient (Wildman–Crippen LogP) is 3.03. The van der Waals surface area contributed by atoms with Gasteiger partial charge in [0, 0.05) is 24.9 Å².